The van der Waals surface area contributed by atoms with Gasteiger partial charge in [-0.3, -0.25) is 9.59 Å². The first-order valence-corrected chi connectivity index (χ1v) is 7.20. The second-order valence-electron chi connectivity index (χ2n) is 5.17. The van der Waals surface area contributed by atoms with Gasteiger partial charge in [0.2, 0.25) is 5.91 Å². The first-order valence-electron chi connectivity index (χ1n) is 7.20. The average Bonchev–Trinajstić information content (AvgIpc) is 2.37. The highest BCUT2D eigenvalue weighted by atomic mass is 35.5. The van der Waals surface area contributed by atoms with Gasteiger partial charge in [-0.25, -0.2) is 0 Å². The van der Waals surface area contributed by atoms with Crippen LogP contribution in [0.25, 0.3) is 0 Å². The summed E-state index contributed by atoms with van der Waals surface area (Å²) in [5.41, 5.74) is 7.58. The van der Waals surface area contributed by atoms with Gasteiger partial charge in [0.1, 0.15) is 0 Å². The Balaban J connectivity index is 0.00000441. The van der Waals surface area contributed by atoms with Gasteiger partial charge < -0.3 is 15.8 Å². The monoisotopic (exact) mass is 328 g/mol. The molecule has 0 aliphatic heterocycles. The number of ether oxygens (including phenoxy) is 1. The van der Waals surface area contributed by atoms with E-state index in [9.17, 15) is 9.59 Å². The van der Waals surface area contributed by atoms with Crippen molar-refractivity contribution in [1.29, 1.82) is 0 Å². The third-order valence-corrected chi connectivity index (χ3v) is 3.08. The molecule has 1 rings (SSSR count). The number of nitrogens with two attached hydrogens (primary N) is 1. The van der Waals surface area contributed by atoms with Crippen LogP contribution in [-0.4, -0.2) is 24.5 Å². The third kappa shape index (κ3) is 6.91. The van der Waals surface area contributed by atoms with Crippen LogP contribution in [-0.2, 0) is 14.3 Å². The van der Waals surface area contributed by atoms with Crippen molar-refractivity contribution in [3.8, 4) is 0 Å². The summed E-state index contributed by atoms with van der Waals surface area (Å²) >= 11 is 0. The molecule has 0 saturated carbocycles. The van der Waals surface area contributed by atoms with Crippen molar-refractivity contribution < 1.29 is 14.3 Å². The molecular weight excluding hydrogens is 304 g/mol. The summed E-state index contributed by atoms with van der Waals surface area (Å²) in [6, 6.07) is 7.06. The number of esters is 1. The molecule has 22 heavy (non-hydrogen) atoms. The van der Waals surface area contributed by atoms with Crippen molar-refractivity contribution in [3.05, 3.63) is 35.4 Å². The van der Waals surface area contributed by atoms with Crippen LogP contribution < -0.4 is 11.1 Å². The minimum atomic E-state index is -0.392. The largest absolute Gasteiger partial charge is 0.466 e. The van der Waals surface area contributed by atoms with Gasteiger partial charge in [-0.1, -0.05) is 24.3 Å². The van der Waals surface area contributed by atoms with Gasteiger partial charge in [0.15, 0.2) is 0 Å². The highest BCUT2D eigenvalue weighted by molar-refractivity contribution is 5.85. The van der Waals surface area contributed by atoms with E-state index in [0.29, 0.717) is 6.61 Å². The summed E-state index contributed by atoms with van der Waals surface area (Å²) in [4.78, 5) is 23.7. The molecule has 0 saturated heterocycles. The van der Waals surface area contributed by atoms with E-state index in [1.807, 2.05) is 31.2 Å². The molecule has 1 aromatic carbocycles. The van der Waals surface area contributed by atoms with Crippen LogP contribution >= 0.6 is 12.4 Å². The van der Waals surface area contributed by atoms with Gasteiger partial charge in [-0.15, -0.1) is 12.4 Å². The Morgan fingerprint density at radius 2 is 1.91 bits per heavy atom. The molecule has 0 aromatic heterocycles. The summed E-state index contributed by atoms with van der Waals surface area (Å²) < 4.78 is 4.98. The number of benzene rings is 1. The van der Waals surface area contributed by atoms with Crippen LogP contribution in [0.4, 0.5) is 0 Å². The molecule has 0 spiro atoms. The van der Waals surface area contributed by atoms with Gasteiger partial charge in [0, 0.05) is 12.5 Å². The molecule has 1 aromatic rings. The Bertz CT molecular complexity index is 492. The van der Waals surface area contributed by atoms with Gasteiger partial charge in [-0.05, 0) is 31.9 Å². The fourth-order valence-electron chi connectivity index (χ4n) is 2.15. The van der Waals surface area contributed by atoms with E-state index in [0.717, 1.165) is 11.1 Å². The zero-order valence-electron chi connectivity index (χ0n) is 13.3. The van der Waals surface area contributed by atoms with Crippen molar-refractivity contribution in [2.45, 2.75) is 45.7 Å². The number of halogens is 1. The molecule has 5 nitrogen and oxygen atoms in total. The number of nitrogens with one attached hydrogen (secondary N) is 1. The van der Waals surface area contributed by atoms with Gasteiger partial charge >= 0.3 is 5.97 Å². The molecule has 124 valence electrons. The summed E-state index contributed by atoms with van der Waals surface area (Å²) in [5, 5.41) is 2.88. The fourth-order valence-corrected chi connectivity index (χ4v) is 2.15. The average molecular weight is 329 g/mol. The second-order valence-corrected chi connectivity index (χ2v) is 5.17. The van der Waals surface area contributed by atoms with Gasteiger partial charge in [0.25, 0.3) is 0 Å². The van der Waals surface area contributed by atoms with E-state index in [1.165, 1.54) is 0 Å². The zero-order chi connectivity index (χ0) is 15.8. The lowest BCUT2D eigenvalue weighted by atomic mass is 9.98. The molecule has 6 heteroatoms. The lowest BCUT2D eigenvalue weighted by Crippen LogP contribution is -2.34. The maximum Gasteiger partial charge on any atom is 0.308 e. The van der Waals surface area contributed by atoms with Crippen molar-refractivity contribution >= 4 is 24.3 Å². The summed E-state index contributed by atoms with van der Waals surface area (Å²) in [6.07, 6.45) is 0.342. The molecule has 2 unspecified atom stereocenters. The second kappa shape index (κ2) is 10.2. The number of hydrogen-bond donors (Lipinski definition) is 2. The Hall–Kier alpha value is -1.59. The predicted molar refractivity (Wildman–Crippen MR) is 88.8 cm³/mol. The van der Waals surface area contributed by atoms with E-state index in [2.05, 4.69) is 5.32 Å². The van der Waals surface area contributed by atoms with E-state index in [4.69, 9.17) is 10.5 Å². The van der Waals surface area contributed by atoms with E-state index >= 15 is 0 Å². The van der Waals surface area contributed by atoms with Crippen LogP contribution in [0.2, 0.25) is 0 Å². The van der Waals surface area contributed by atoms with E-state index in [1.54, 1.807) is 13.8 Å². The normalized spacial score (nSPS) is 12.7. The number of aryl methyl sites for hydroxylation is 1. The highest BCUT2D eigenvalue weighted by Crippen LogP contribution is 2.21. The smallest absolute Gasteiger partial charge is 0.308 e. The maximum atomic E-state index is 11.9. The highest BCUT2D eigenvalue weighted by Gasteiger charge is 2.20. The lowest BCUT2D eigenvalue weighted by Gasteiger charge is -2.21. The number of amides is 1. The van der Waals surface area contributed by atoms with Crippen LogP contribution in [0.1, 0.15) is 43.9 Å². The van der Waals surface area contributed by atoms with Crippen molar-refractivity contribution in [2.75, 3.05) is 6.61 Å². The minimum absolute atomic E-state index is 0. The molecule has 0 fully saturated rings. The van der Waals surface area contributed by atoms with E-state index in [-0.39, 0.29) is 43.2 Å². The maximum absolute atomic E-state index is 11.9. The van der Waals surface area contributed by atoms with Crippen LogP contribution in [0, 0.1) is 6.92 Å². The van der Waals surface area contributed by atoms with Crippen molar-refractivity contribution in [2.24, 2.45) is 5.73 Å². The summed E-state index contributed by atoms with van der Waals surface area (Å²) in [5.74, 6) is -0.491. The zero-order valence-corrected chi connectivity index (χ0v) is 14.1. The predicted octanol–water partition coefficient (Wildman–Crippen LogP) is 2.26. The quantitative estimate of drug-likeness (QED) is 0.752. The van der Waals surface area contributed by atoms with Crippen LogP contribution in [0.5, 0.6) is 0 Å². The Kier molecular flexibility index (Phi) is 9.45. The number of rotatable bonds is 7. The topological polar surface area (TPSA) is 81.4 Å². The number of carbonyl (C=O) groups is 2. The first-order chi connectivity index (χ1) is 9.93. The van der Waals surface area contributed by atoms with Crippen molar-refractivity contribution in [1.82, 2.24) is 5.32 Å². The Labute approximate surface area is 138 Å². The SMILES string of the molecule is CCOC(=O)CC(NC(=O)CC(C)N)c1ccccc1C.Cl. The minimum Gasteiger partial charge on any atom is -0.466 e. The first kappa shape index (κ1) is 20.4. The fraction of sp³-hybridized carbons (Fsp3) is 0.500. The molecule has 3 N–H and O–H groups in total. The molecule has 0 aliphatic rings. The molecular formula is C16H25ClN2O3. The molecule has 0 radical (unpaired) electrons. The Morgan fingerprint density at radius 1 is 1.27 bits per heavy atom. The lowest BCUT2D eigenvalue weighted by molar-refractivity contribution is -0.143. The molecule has 1 amide bonds. The van der Waals surface area contributed by atoms with Crippen molar-refractivity contribution in [3.63, 3.8) is 0 Å². The van der Waals surface area contributed by atoms with Gasteiger partial charge in [0.05, 0.1) is 19.1 Å². The third-order valence-electron chi connectivity index (χ3n) is 3.08. The van der Waals surface area contributed by atoms with Gasteiger partial charge in [-0.2, -0.15) is 0 Å². The summed E-state index contributed by atoms with van der Waals surface area (Å²) in [7, 11) is 0. The molecule has 0 bridgehead atoms. The standard InChI is InChI=1S/C16H24N2O3.ClH/c1-4-21-16(20)10-14(18-15(19)9-12(3)17)13-8-6-5-7-11(13)2;/h5-8,12,14H,4,9-10,17H2,1-3H3,(H,18,19);1H. The van der Waals surface area contributed by atoms with Crippen LogP contribution in [0.3, 0.4) is 0 Å². The summed E-state index contributed by atoms with van der Waals surface area (Å²) in [6.45, 7) is 5.81. The number of carbonyl (C=O) groups excluding carboxylic acids is 2. The molecule has 2 atom stereocenters. The number of hydrogen-bond acceptors (Lipinski definition) is 4. The van der Waals surface area contributed by atoms with Crippen LogP contribution in [0.15, 0.2) is 24.3 Å². The molecule has 0 aliphatic carbocycles. The Morgan fingerprint density at radius 3 is 2.45 bits per heavy atom. The van der Waals surface area contributed by atoms with E-state index < -0.39 is 6.04 Å². The molecule has 0 heterocycles.